The quantitative estimate of drug-likeness (QED) is 0.581. The zero-order valence-electron chi connectivity index (χ0n) is 8.06. The molecule has 0 fully saturated rings. The first kappa shape index (κ1) is 13.4. The first-order valence-corrected chi connectivity index (χ1v) is 4.00. The van der Waals surface area contributed by atoms with E-state index < -0.39 is 11.8 Å². The van der Waals surface area contributed by atoms with Gasteiger partial charge in [0.05, 0.1) is 0 Å². The van der Waals surface area contributed by atoms with Crippen LogP contribution in [0.25, 0.3) is 0 Å². The van der Waals surface area contributed by atoms with Crippen LogP contribution in [0.15, 0.2) is 30.3 Å². The molecule has 0 heterocycles. The zero-order chi connectivity index (χ0) is 9.68. The molecule has 0 saturated carbocycles. The monoisotopic (exact) mass is 201 g/mol. The van der Waals surface area contributed by atoms with Gasteiger partial charge in [0.2, 0.25) is 5.78 Å². The van der Waals surface area contributed by atoms with Gasteiger partial charge in [-0.25, -0.2) is 4.79 Å². The van der Waals surface area contributed by atoms with Crippen LogP contribution in [0.4, 0.5) is 0 Å². The number of aryl methyl sites for hydroxylation is 1. The largest absolute Gasteiger partial charge is 0.476 e. The van der Waals surface area contributed by atoms with Gasteiger partial charge in [-0.1, -0.05) is 30.3 Å². The summed E-state index contributed by atoms with van der Waals surface area (Å²) < 4.78 is 0. The summed E-state index contributed by atoms with van der Waals surface area (Å²) >= 11 is 0. The maximum absolute atomic E-state index is 10.7. The number of carboxylic acids is 1. The van der Waals surface area contributed by atoms with E-state index in [-0.39, 0.29) is 36.0 Å². The normalized spacial score (nSPS) is 8.86. The molecule has 0 aliphatic heterocycles. The number of Topliss-reactive ketones (excluding diaryl/α,β-unsaturated/α-hetero) is 1. The molecular formula is C10H10NaO3. The Balaban J connectivity index is 0.00000169. The maximum Gasteiger partial charge on any atom is 0.372 e. The van der Waals surface area contributed by atoms with Gasteiger partial charge in [0, 0.05) is 36.0 Å². The second-order valence-electron chi connectivity index (χ2n) is 2.71. The van der Waals surface area contributed by atoms with Crippen molar-refractivity contribution in [3.8, 4) is 0 Å². The van der Waals surface area contributed by atoms with Crippen molar-refractivity contribution in [2.45, 2.75) is 12.8 Å². The topological polar surface area (TPSA) is 54.4 Å². The summed E-state index contributed by atoms with van der Waals surface area (Å²) in [6.45, 7) is 0. The number of hydrogen-bond acceptors (Lipinski definition) is 2. The molecule has 0 aliphatic rings. The van der Waals surface area contributed by atoms with Crippen LogP contribution in [0.3, 0.4) is 0 Å². The third-order valence-corrected chi connectivity index (χ3v) is 1.72. The fourth-order valence-corrected chi connectivity index (χ4v) is 1.01. The molecule has 0 atom stereocenters. The van der Waals surface area contributed by atoms with Crippen LogP contribution in [0, 0.1) is 0 Å². The summed E-state index contributed by atoms with van der Waals surface area (Å²) in [5.41, 5.74) is 0.983. The van der Waals surface area contributed by atoms with E-state index in [0.29, 0.717) is 6.42 Å². The molecule has 0 saturated heterocycles. The van der Waals surface area contributed by atoms with Crippen LogP contribution in [-0.4, -0.2) is 46.4 Å². The van der Waals surface area contributed by atoms with E-state index in [0.717, 1.165) is 5.56 Å². The van der Waals surface area contributed by atoms with Crippen molar-refractivity contribution in [1.29, 1.82) is 0 Å². The van der Waals surface area contributed by atoms with Crippen molar-refractivity contribution in [3.05, 3.63) is 35.9 Å². The van der Waals surface area contributed by atoms with E-state index >= 15 is 0 Å². The predicted octanol–water partition coefficient (Wildman–Crippen LogP) is 0.892. The third kappa shape index (κ3) is 4.56. The van der Waals surface area contributed by atoms with Crippen molar-refractivity contribution in [1.82, 2.24) is 0 Å². The molecule has 69 valence electrons. The Morgan fingerprint density at radius 2 is 1.71 bits per heavy atom. The number of ketones is 1. The van der Waals surface area contributed by atoms with Gasteiger partial charge in [-0.05, 0) is 12.0 Å². The molecule has 1 aromatic carbocycles. The molecule has 14 heavy (non-hydrogen) atoms. The molecule has 3 nitrogen and oxygen atoms in total. The molecule has 0 aromatic heterocycles. The molecular weight excluding hydrogens is 191 g/mol. The number of carbonyl (C=O) groups excluding carboxylic acids is 1. The number of hydrogen-bond donors (Lipinski definition) is 1. The van der Waals surface area contributed by atoms with E-state index in [1.807, 2.05) is 30.3 Å². The van der Waals surface area contributed by atoms with Crippen molar-refractivity contribution < 1.29 is 14.7 Å². The SMILES string of the molecule is O=C(O)C(=O)CCc1ccccc1.[Na]. The van der Waals surface area contributed by atoms with E-state index in [2.05, 4.69) is 0 Å². The van der Waals surface area contributed by atoms with Crippen molar-refractivity contribution in [2.75, 3.05) is 0 Å². The molecule has 4 heteroatoms. The van der Waals surface area contributed by atoms with Gasteiger partial charge in [-0.15, -0.1) is 0 Å². The van der Waals surface area contributed by atoms with Gasteiger partial charge in [-0.3, -0.25) is 4.79 Å². The van der Waals surface area contributed by atoms with E-state index in [9.17, 15) is 9.59 Å². The fourth-order valence-electron chi connectivity index (χ4n) is 1.01. The number of rotatable bonds is 4. The summed E-state index contributed by atoms with van der Waals surface area (Å²) in [6.07, 6.45) is 0.561. The summed E-state index contributed by atoms with van der Waals surface area (Å²) in [5.74, 6) is -2.08. The van der Waals surface area contributed by atoms with Crippen molar-refractivity contribution in [2.24, 2.45) is 0 Å². The molecule has 0 unspecified atom stereocenters. The Labute approximate surface area is 104 Å². The molecule has 1 radical (unpaired) electrons. The predicted molar refractivity (Wildman–Crippen MR) is 53.2 cm³/mol. The average Bonchev–Trinajstić information content (AvgIpc) is 2.15. The second kappa shape index (κ2) is 6.76. The van der Waals surface area contributed by atoms with Gasteiger partial charge in [0.25, 0.3) is 0 Å². The van der Waals surface area contributed by atoms with E-state index in [4.69, 9.17) is 5.11 Å². The number of aliphatic carboxylic acids is 1. The Hall–Kier alpha value is -0.640. The Morgan fingerprint density at radius 1 is 1.14 bits per heavy atom. The molecule has 0 spiro atoms. The van der Waals surface area contributed by atoms with Crippen LogP contribution in [-0.2, 0) is 16.0 Å². The van der Waals surface area contributed by atoms with Crippen molar-refractivity contribution in [3.63, 3.8) is 0 Å². The molecule has 0 amide bonds. The van der Waals surface area contributed by atoms with Gasteiger partial charge >= 0.3 is 5.97 Å². The van der Waals surface area contributed by atoms with Crippen LogP contribution in [0.2, 0.25) is 0 Å². The zero-order valence-corrected chi connectivity index (χ0v) is 10.1. The Morgan fingerprint density at radius 3 is 2.21 bits per heavy atom. The number of benzene rings is 1. The fraction of sp³-hybridized carbons (Fsp3) is 0.200. The minimum absolute atomic E-state index is 0. The van der Waals surface area contributed by atoms with Crippen LogP contribution in [0.5, 0.6) is 0 Å². The molecule has 1 rings (SSSR count). The minimum atomic E-state index is -1.35. The minimum Gasteiger partial charge on any atom is -0.476 e. The van der Waals surface area contributed by atoms with Gasteiger partial charge in [-0.2, -0.15) is 0 Å². The number of carboxylic acid groups (broad SMARTS) is 1. The summed E-state index contributed by atoms with van der Waals surface area (Å²) in [7, 11) is 0. The van der Waals surface area contributed by atoms with Crippen LogP contribution >= 0.6 is 0 Å². The molecule has 0 bridgehead atoms. The van der Waals surface area contributed by atoms with Crippen LogP contribution in [0.1, 0.15) is 12.0 Å². The maximum atomic E-state index is 10.7. The van der Waals surface area contributed by atoms with E-state index in [1.54, 1.807) is 0 Å². The Kier molecular flexibility index (Phi) is 6.45. The first-order chi connectivity index (χ1) is 6.20. The van der Waals surface area contributed by atoms with Crippen LogP contribution < -0.4 is 0 Å². The summed E-state index contributed by atoms with van der Waals surface area (Å²) in [6, 6.07) is 9.34. The van der Waals surface area contributed by atoms with E-state index in [1.165, 1.54) is 0 Å². The van der Waals surface area contributed by atoms with Crippen molar-refractivity contribution >= 4 is 41.3 Å². The van der Waals surface area contributed by atoms with Gasteiger partial charge in [0.1, 0.15) is 0 Å². The van der Waals surface area contributed by atoms with Gasteiger partial charge < -0.3 is 5.11 Å². The number of carbonyl (C=O) groups is 2. The average molecular weight is 201 g/mol. The molecule has 1 aromatic rings. The summed E-state index contributed by atoms with van der Waals surface area (Å²) in [5, 5.41) is 8.31. The van der Waals surface area contributed by atoms with Gasteiger partial charge in [0.15, 0.2) is 0 Å². The molecule has 0 aliphatic carbocycles. The summed E-state index contributed by atoms with van der Waals surface area (Å²) in [4.78, 5) is 20.9. The first-order valence-electron chi connectivity index (χ1n) is 4.00. The smallest absolute Gasteiger partial charge is 0.372 e. The second-order valence-corrected chi connectivity index (χ2v) is 2.71. The standard InChI is InChI=1S/C10H10O3.Na/c11-9(10(12)13)7-6-8-4-2-1-3-5-8;/h1-5H,6-7H2,(H,12,13);. The molecule has 1 N–H and O–H groups in total. The third-order valence-electron chi connectivity index (χ3n) is 1.72. The Bertz CT molecular complexity index is 308.